The van der Waals surface area contributed by atoms with Crippen LogP contribution >= 0.6 is 0 Å². The molecule has 6 rings (SSSR count). The first-order valence-corrected chi connectivity index (χ1v) is 9.22. The Bertz CT molecular complexity index is 1490. The van der Waals surface area contributed by atoms with Crippen LogP contribution in [0.4, 0.5) is 0 Å². The molecule has 0 aliphatic heterocycles. The maximum atomic E-state index is 4.82. The molecule has 142 valence electrons. The van der Waals surface area contributed by atoms with Gasteiger partial charge < -0.3 is 4.98 Å². The van der Waals surface area contributed by atoms with Gasteiger partial charge in [-0.1, -0.05) is 0 Å². The van der Waals surface area contributed by atoms with E-state index >= 15 is 0 Å². The topological polar surface area (TPSA) is 122 Å². The zero-order chi connectivity index (χ0) is 19.9. The van der Waals surface area contributed by atoms with Crippen molar-refractivity contribution < 1.29 is 0 Å². The monoisotopic (exact) mass is 391 g/mol. The highest BCUT2D eigenvalue weighted by Crippen LogP contribution is 2.30. The summed E-state index contributed by atoms with van der Waals surface area (Å²) >= 11 is 0. The Morgan fingerprint density at radius 2 is 1.53 bits per heavy atom. The smallest absolute Gasteiger partial charge is 0.161 e. The van der Waals surface area contributed by atoms with Crippen LogP contribution in [0.1, 0.15) is 0 Å². The van der Waals surface area contributed by atoms with Gasteiger partial charge >= 0.3 is 0 Å². The van der Waals surface area contributed by atoms with Gasteiger partial charge in [-0.2, -0.15) is 5.10 Å². The van der Waals surface area contributed by atoms with Crippen molar-refractivity contribution in [2.24, 2.45) is 0 Å². The summed E-state index contributed by atoms with van der Waals surface area (Å²) in [7, 11) is 0. The van der Waals surface area contributed by atoms with Crippen LogP contribution in [0, 0.1) is 0 Å². The third kappa shape index (κ3) is 2.60. The number of nitrogens with one attached hydrogen (secondary N) is 2. The Balaban J connectivity index is 1.52. The highest BCUT2D eigenvalue weighted by Gasteiger charge is 2.17. The van der Waals surface area contributed by atoms with Crippen LogP contribution in [0.5, 0.6) is 0 Å². The molecule has 9 nitrogen and oxygen atoms in total. The lowest BCUT2D eigenvalue weighted by Gasteiger charge is -2.00. The lowest BCUT2D eigenvalue weighted by molar-refractivity contribution is 1.10. The number of nitrogens with zero attached hydrogens (tertiary/aromatic N) is 7. The van der Waals surface area contributed by atoms with E-state index in [4.69, 9.17) is 9.97 Å². The van der Waals surface area contributed by atoms with Crippen molar-refractivity contribution in [1.82, 2.24) is 45.1 Å². The molecule has 0 aliphatic rings. The van der Waals surface area contributed by atoms with E-state index in [1.807, 2.05) is 24.3 Å². The van der Waals surface area contributed by atoms with Gasteiger partial charge in [-0.05, 0) is 29.8 Å². The molecule has 6 aromatic rings. The van der Waals surface area contributed by atoms with Gasteiger partial charge in [0.1, 0.15) is 11.8 Å². The maximum absolute atomic E-state index is 4.82. The van der Waals surface area contributed by atoms with Crippen LogP contribution in [0.25, 0.3) is 56.0 Å². The summed E-state index contributed by atoms with van der Waals surface area (Å²) in [4.78, 5) is 29.5. The highest BCUT2D eigenvalue weighted by atomic mass is 15.1. The highest BCUT2D eigenvalue weighted by molar-refractivity contribution is 5.95. The summed E-state index contributed by atoms with van der Waals surface area (Å²) in [5, 5.41) is 7.48. The molecule has 0 unspecified atom stereocenters. The minimum absolute atomic E-state index is 0.619. The standard InChI is InChI=1S/C21H13N9/c1-2-16-19(26-15(1)13-7-24-11-25-8-13)20(30-29-16)21-27-17-10-23-9-14(18(17)28-21)12-3-5-22-6-4-12/h1-11H,(H,27,28)(H,29,30). The summed E-state index contributed by atoms with van der Waals surface area (Å²) in [5.74, 6) is 0.619. The predicted octanol–water partition coefficient (Wildman–Crippen LogP) is 3.42. The van der Waals surface area contributed by atoms with Gasteiger partial charge in [0.2, 0.25) is 0 Å². The molecular weight excluding hydrogens is 378 g/mol. The van der Waals surface area contributed by atoms with Crippen LogP contribution in [0.15, 0.2) is 67.8 Å². The van der Waals surface area contributed by atoms with Crippen LogP contribution in [0.2, 0.25) is 0 Å². The van der Waals surface area contributed by atoms with Gasteiger partial charge in [0.05, 0.1) is 28.4 Å². The van der Waals surface area contributed by atoms with Gasteiger partial charge in [-0.3, -0.25) is 15.1 Å². The van der Waals surface area contributed by atoms with Gasteiger partial charge in [0.15, 0.2) is 11.5 Å². The Kier molecular flexibility index (Phi) is 3.57. The Morgan fingerprint density at radius 3 is 2.40 bits per heavy atom. The predicted molar refractivity (Wildman–Crippen MR) is 111 cm³/mol. The number of pyridine rings is 3. The summed E-state index contributed by atoms with van der Waals surface area (Å²) in [6.45, 7) is 0. The molecule has 2 N–H and O–H groups in total. The van der Waals surface area contributed by atoms with Crippen molar-refractivity contribution in [2.45, 2.75) is 0 Å². The van der Waals surface area contributed by atoms with Gasteiger partial charge in [0, 0.05) is 42.1 Å². The normalized spacial score (nSPS) is 11.3. The van der Waals surface area contributed by atoms with Crippen molar-refractivity contribution in [3.8, 4) is 33.9 Å². The number of imidazole rings is 1. The Morgan fingerprint density at radius 1 is 0.667 bits per heavy atom. The van der Waals surface area contributed by atoms with E-state index in [0.717, 1.165) is 38.9 Å². The second-order valence-electron chi connectivity index (χ2n) is 6.70. The van der Waals surface area contributed by atoms with Crippen LogP contribution in [-0.4, -0.2) is 45.1 Å². The minimum Gasteiger partial charge on any atom is -0.335 e. The largest absolute Gasteiger partial charge is 0.335 e. The molecule has 0 aliphatic carbocycles. The van der Waals surface area contributed by atoms with E-state index in [-0.39, 0.29) is 0 Å². The second kappa shape index (κ2) is 6.52. The first-order valence-electron chi connectivity index (χ1n) is 9.22. The SMILES string of the molecule is c1cc(-c2cncc3[nH]c(-c4n[nH]c5ccc(-c6cncnc6)nc45)nc23)ccn1. The van der Waals surface area contributed by atoms with E-state index in [9.17, 15) is 0 Å². The zero-order valence-electron chi connectivity index (χ0n) is 15.5. The van der Waals surface area contributed by atoms with Crippen LogP contribution < -0.4 is 0 Å². The maximum Gasteiger partial charge on any atom is 0.161 e. The molecule has 0 fully saturated rings. The van der Waals surface area contributed by atoms with Crippen molar-refractivity contribution >= 4 is 22.1 Å². The van der Waals surface area contributed by atoms with E-state index in [2.05, 4.69) is 35.1 Å². The molecule has 0 radical (unpaired) electrons. The van der Waals surface area contributed by atoms with E-state index in [1.165, 1.54) is 6.33 Å². The fourth-order valence-corrected chi connectivity index (χ4v) is 3.44. The fourth-order valence-electron chi connectivity index (χ4n) is 3.44. The molecule has 6 heterocycles. The lowest BCUT2D eigenvalue weighted by Crippen LogP contribution is -1.88. The number of aromatic nitrogens is 9. The van der Waals surface area contributed by atoms with Crippen molar-refractivity contribution in [2.75, 3.05) is 0 Å². The average molecular weight is 391 g/mol. The van der Waals surface area contributed by atoms with E-state index in [0.29, 0.717) is 17.0 Å². The number of fused-ring (bicyclic) bond motifs is 2. The van der Waals surface area contributed by atoms with Gasteiger partial charge in [-0.15, -0.1) is 0 Å². The van der Waals surface area contributed by atoms with E-state index in [1.54, 1.807) is 37.2 Å². The summed E-state index contributed by atoms with van der Waals surface area (Å²) in [6, 6.07) is 7.72. The van der Waals surface area contributed by atoms with Crippen molar-refractivity contribution in [3.05, 3.63) is 67.8 Å². The third-order valence-corrected chi connectivity index (χ3v) is 4.87. The van der Waals surface area contributed by atoms with Crippen molar-refractivity contribution in [3.63, 3.8) is 0 Å². The zero-order valence-corrected chi connectivity index (χ0v) is 15.5. The number of rotatable bonds is 3. The molecule has 9 heteroatoms. The quantitative estimate of drug-likeness (QED) is 0.474. The average Bonchev–Trinajstić information content (AvgIpc) is 3.43. The third-order valence-electron chi connectivity index (χ3n) is 4.87. The first kappa shape index (κ1) is 16.4. The number of aromatic amines is 2. The molecule has 0 aromatic carbocycles. The lowest BCUT2D eigenvalue weighted by atomic mass is 10.1. The molecular formula is C21H13N9. The number of hydrogen-bond acceptors (Lipinski definition) is 7. The van der Waals surface area contributed by atoms with E-state index < -0.39 is 0 Å². The molecule has 0 saturated carbocycles. The summed E-state index contributed by atoms with van der Waals surface area (Å²) in [6.07, 6.45) is 12.0. The number of H-pyrrole nitrogens is 2. The molecule has 0 amide bonds. The van der Waals surface area contributed by atoms with Gasteiger partial charge in [-0.25, -0.2) is 19.9 Å². The molecule has 0 spiro atoms. The molecule has 0 saturated heterocycles. The van der Waals surface area contributed by atoms with Crippen LogP contribution in [-0.2, 0) is 0 Å². The molecule has 0 atom stereocenters. The van der Waals surface area contributed by atoms with Gasteiger partial charge in [0.25, 0.3) is 0 Å². The molecule has 30 heavy (non-hydrogen) atoms. The second-order valence-corrected chi connectivity index (χ2v) is 6.70. The fraction of sp³-hybridized carbons (Fsp3) is 0. The minimum atomic E-state index is 0.619. The first-order chi connectivity index (χ1) is 14.9. The molecule has 6 aromatic heterocycles. The Labute approximate surface area is 169 Å². The summed E-state index contributed by atoms with van der Waals surface area (Å²) < 4.78 is 0. The summed E-state index contributed by atoms with van der Waals surface area (Å²) in [5.41, 5.74) is 7.33. The Hall–Kier alpha value is -4.53. The number of hydrogen-bond donors (Lipinski definition) is 2. The molecule has 0 bridgehead atoms. The van der Waals surface area contributed by atoms with Crippen molar-refractivity contribution in [1.29, 1.82) is 0 Å². The van der Waals surface area contributed by atoms with Crippen LogP contribution in [0.3, 0.4) is 0 Å².